The third kappa shape index (κ3) is 4.45. The van der Waals surface area contributed by atoms with Crippen LogP contribution in [0.5, 0.6) is 0 Å². The van der Waals surface area contributed by atoms with E-state index in [1.807, 2.05) is 0 Å². The molecule has 2 aliphatic rings. The number of sulfonamides is 1. The molecule has 0 saturated carbocycles. The second-order valence-electron chi connectivity index (χ2n) is 7.18. The Kier molecular flexibility index (Phi) is 5.81. The van der Waals surface area contributed by atoms with E-state index in [9.17, 15) is 26.4 Å². The number of rotatable bonds is 3. The van der Waals surface area contributed by atoms with Gasteiger partial charge in [0.2, 0.25) is 15.9 Å². The normalized spacial score (nSPS) is 25.4. The van der Waals surface area contributed by atoms with E-state index in [1.165, 1.54) is 21.3 Å². The van der Waals surface area contributed by atoms with Crippen molar-refractivity contribution in [2.24, 2.45) is 11.8 Å². The summed E-state index contributed by atoms with van der Waals surface area (Å²) >= 11 is 0. The van der Waals surface area contributed by atoms with E-state index in [0.29, 0.717) is 32.4 Å². The molecule has 2 saturated heterocycles. The smallest absolute Gasteiger partial charge is 0.342 e. The van der Waals surface area contributed by atoms with Gasteiger partial charge < -0.3 is 4.90 Å². The minimum Gasteiger partial charge on any atom is -0.342 e. The molecule has 0 N–H and O–H groups in total. The average molecular weight is 404 g/mol. The van der Waals surface area contributed by atoms with Gasteiger partial charge in [-0.15, -0.1) is 0 Å². The highest BCUT2D eigenvalue weighted by atomic mass is 32.2. The summed E-state index contributed by atoms with van der Waals surface area (Å²) in [4.78, 5) is 14.2. The monoisotopic (exact) mass is 404 g/mol. The third-order valence-electron chi connectivity index (χ3n) is 5.31. The molecule has 2 fully saturated rings. The Balaban J connectivity index is 1.70. The molecule has 5 nitrogen and oxygen atoms in total. The zero-order chi connectivity index (χ0) is 19.7. The van der Waals surface area contributed by atoms with E-state index < -0.39 is 28.0 Å². The van der Waals surface area contributed by atoms with Crippen LogP contribution in [0.25, 0.3) is 0 Å². The van der Waals surface area contributed by atoms with Crippen molar-refractivity contribution in [3.8, 4) is 0 Å². The Bertz CT molecular complexity index is 768. The maximum absolute atomic E-state index is 13.0. The largest absolute Gasteiger partial charge is 0.393 e. The lowest BCUT2D eigenvalue weighted by molar-refractivity contribution is -0.188. The van der Waals surface area contributed by atoms with Gasteiger partial charge in [0, 0.05) is 26.2 Å². The number of halogens is 3. The Morgan fingerprint density at radius 1 is 1.00 bits per heavy atom. The molecule has 1 aromatic carbocycles. The molecule has 1 aromatic rings. The van der Waals surface area contributed by atoms with Crippen LogP contribution < -0.4 is 0 Å². The number of carbonyl (C=O) groups is 1. The zero-order valence-electron chi connectivity index (χ0n) is 14.9. The predicted octanol–water partition coefficient (Wildman–Crippen LogP) is 2.89. The number of amides is 1. The molecule has 0 aliphatic carbocycles. The lowest BCUT2D eigenvalue weighted by Crippen LogP contribution is -2.50. The molecule has 2 aliphatic heterocycles. The first-order valence-corrected chi connectivity index (χ1v) is 10.5. The summed E-state index contributed by atoms with van der Waals surface area (Å²) in [6.07, 6.45) is -2.96. The number of piperidine rings is 2. The van der Waals surface area contributed by atoms with Crippen molar-refractivity contribution < 1.29 is 26.4 Å². The molecule has 0 spiro atoms. The van der Waals surface area contributed by atoms with Crippen LogP contribution in [0.15, 0.2) is 35.2 Å². The number of hydrogen-bond acceptors (Lipinski definition) is 3. The number of hydrogen-bond donors (Lipinski definition) is 0. The number of benzene rings is 1. The average Bonchev–Trinajstić information content (AvgIpc) is 2.67. The van der Waals surface area contributed by atoms with Crippen molar-refractivity contribution in [1.82, 2.24) is 9.21 Å². The van der Waals surface area contributed by atoms with E-state index in [1.54, 1.807) is 18.2 Å². The van der Waals surface area contributed by atoms with Crippen LogP contribution in [-0.2, 0) is 14.8 Å². The van der Waals surface area contributed by atoms with Gasteiger partial charge in [0.05, 0.1) is 16.7 Å². The van der Waals surface area contributed by atoms with Crippen LogP contribution in [0.1, 0.15) is 25.7 Å². The quantitative estimate of drug-likeness (QED) is 0.779. The first-order chi connectivity index (χ1) is 12.7. The number of likely N-dealkylation sites (tertiary alicyclic amines) is 1. The molecule has 3 rings (SSSR count). The summed E-state index contributed by atoms with van der Waals surface area (Å²) in [6, 6.07) is 7.97. The molecular formula is C18H23F3N2O3S. The second kappa shape index (κ2) is 7.79. The number of carbonyl (C=O) groups excluding carboxylic acids is 1. The van der Waals surface area contributed by atoms with Crippen molar-refractivity contribution >= 4 is 15.9 Å². The fourth-order valence-corrected chi connectivity index (χ4v) is 5.35. The van der Waals surface area contributed by atoms with Crippen LogP contribution in [0.3, 0.4) is 0 Å². The lowest BCUT2D eigenvalue weighted by Gasteiger charge is -2.38. The number of alkyl halides is 3. The second-order valence-corrected chi connectivity index (χ2v) is 9.12. The first-order valence-electron chi connectivity index (χ1n) is 9.10. The predicted molar refractivity (Wildman–Crippen MR) is 93.3 cm³/mol. The maximum atomic E-state index is 13.0. The maximum Gasteiger partial charge on any atom is 0.393 e. The van der Waals surface area contributed by atoms with Gasteiger partial charge in [0.15, 0.2) is 0 Å². The van der Waals surface area contributed by atoms with E-state index >= 15 is 0 Å². The van der Waals surface area contributed by atoms with Gasteiger partial charge in [-0.1, -0.05) is 18.2 Å². The van der Waals surface area contributed by atoms with Crippen molar-refractivity contribution in [2.45, 2.75) is 36.8 Å². The lowest BCUT2D eigenvalue weighted by atomic mass is 9.93. The summed E-state index contributed by atoms with van der Waals surface area (Å²) in [5.41, 5.74) is 0. The first kappa shape index (κ1) is 20.1. The Morgan fingerprint density at radius 2 is 1.67 bits per heavy atom. The summed E-state index contributed by atoms with van der Waals surface area (Å²) in [5, 5.41) is 0. The molecule has 27 heavy (non-hydrogen) atoms. The molecule has 2 atom stereocenters. The minimum atomic E-state index is -4.31. The highest BCUT2D eigenvalue weighted by Gasteiger charge is 2.44. The molecule has 1 amide bonds. The van der Waals surface area contributed by atoms with Gasteiger partial charge in [-0.05, 0) is 37.8 Å². The Hall–Kier alpha value is -1.61. The zero-order valence-corrected chi connectivity index (χ0v) is 15.7. The molecule has 0 radical (unpaired) electrons. The highest BCUT2D eigenvalue weighted by molar-refractivity contribution is 7.89. The summed E-state index contributed by atoms with van der Waals surface area (Å²) in [7, 11) is -3.71. The van der Waals surface area contributed by atoms with Crippen LogP contribution in [0, 0.1) is 11.8 Å². The van der Waals surface area contributed by atoms with Gasteiger partial charge in [0.1, 0.15) is 0 Å². The molecule has 2 heterocycles. The van der Waals surface area contributed by atoms with E-state index in [2.05, 4.69) is 0 Å². The summed E-state index contributed by atoms with van der Waals surface area (Å²) in [5.74, 6) is -2.45. The SMILES string of the molecule is O=C(C1CCCN(S(=O)(=O)c2ccccc2)C1)N1CCCC(C(F)(F)F)C1. The van der Waals surface area contributed by atoms with Crippen LogP contribution in [0.4, 0.5) is 13.2 Å². The van der Waals surface area contributed by atoms with Gasteiger partial charge in [-0.2, -0.15) is 17.5 Å². The van der Waals surface area contributed by atoms with Crippen molar-refractivity contribution in [3.63, 3.8) is 0 Å². The fourth-order valence-electron chi connectivity index (χ4n) is 3.81. The van der Waals surface area contributed by atoms with Gasteiger partial charge >= 0.3 is 6.18 Å². The summed E-state index contributed by atoms with van der Waals surface area (Å²) in [6.45, 7) is 0.299. The van der Waals surface area contributed by atoms with Crippen LogP contribution >= 0.6 is 0 Å². The third-order valence-corrected chi connectivity index (χ3v) is 7.19. The van der Waals surface area contributed by atoms with Gasteiger partial charge in [-0.3, -0.25) is 4.79 Å². The van der Waals surface area contributed by atoms with Gasteiger partial charge in [0.25, 0.3) is 0 Å². The Labute approximate surface area is 157 Å². The van der Waals surface area contributed by atoms with Crippen molar-refractivity contribution in [3.05, 3.63) is 30.3 Å². The van der Waals surface area contributed by atoms with Gasteiger partial charge in [-0.25, -0.2) is 8.42 Å². The molecular weight excluding hydrogens is 381 g/mol. The van der Waals surface area contributed by atoms with E-state index in [0.717, 1.165) is 0 Å². The molecule has 0 bridgehead atoms. The Morgan fingerprint density at radius 3 is 2.33 bits per heavy atom. The van der Waals surface area contributed by atoms with Crippen LogP contribution in [0.2, 0.25) is 0 Å². The minimum absolute atomic E-state index is 0.0171. The standard InChI is InChI=1S/C18H23F3N2O3S/c19-18(20,21)15-7-5-10-22(13-15)17(24)14-6-4-11-23(12-14)27(25,26)16-8-2-1-3-9-16/h1-3,8-9,14-15H,4-7,10-13H2. The fraction of sp³-hybridized carbons (Fsp3) is 0.611. The summed E-state index contributed by atoms with van der Waals surface area (Å²) < 4.78 is 65.8. The van der Waals surface area contributed by atoms with E-state index in [-0.39, 0.29) is 30.3 Å². The molecule has 150 valence electrons. The number of nitrogens with zero attached hydrogens (tertiary/aromatic N) is 2. The van der Waals surface area contributed by atoms with E-state index in [4.69, 9.17) is 0 Å². The van der Waals surface area contributed by atoms with Crippen LogP contribution in [-0.4, -0.2) is 55.9 Å². The van der Waals surface area contributed by atoms with Crippen molar-refractivity contribution in [1.29, 1.82) is 0 Å². The molecule has 9 heteroatoms. The molecule has 2 unspecified atom stereocenters. The van der Waals surface area contributed by atoms with Crippen molar-refractivity contribution in [2.75, 3.05) is 26.2 Å². The topological polar surface area (TPSA) is 57.7 Å². The molecule has 0 aromatic heterocycles. The highest BCUT2D eigenvalue weighted by Crippen LogP contribution is 2.34.